The van der Waals surface area contributed by atoms with E-state index in [9.17, 15) is 0 Å². The molecule has 0 heterocycles. The highest BCUT2D eigenvalue weighted by Crippen LogP contribution is 2.27. The van der Waals surface area contributed by atoms with Crippen molar-refractivity contribution in [1.82, 2.24) is 5.32 Å². The second-order valence-corrected chi connectivity index (χ2v) is 6.59. The van der Waals surface area contributed by atoms with Gasteiger partial charge in [-0.25, -0.2) is 0 Å². The molecule has 1 aliphatic carbocycles. The van der Waals surface area contributed by atoms with Gasteiger partial charge in [-0.1, -0.05) is 64.2 Å². The van der Waals surface area contributed by atoms with Gasteiger partial charge in [-0.2, -0.15) is 0 Å². The number of fused-ring (bicyclic) bond motifs is 1. The molecule has 0 radical (unpaired) electrons. The molecule has 1 unspecified atom stereocenters. The molecule has 0 fully saturated rings. The Morgan fingerprint density at radius 2 is 1.76 bits per heavy atom. The van der Waals surface area contributed by atoms with Crippen LogP contribution in [0.3, 0.4) is 0 Å². The smallest absolute Gasteiger partial charge is 0.0320 e. The van der Waals surface area contributed by atoms with Crippen molar-refractivity contribution in [2.24, 2.45) is 0 Å². The van der Waals surface area contributed by atoms with E-state index in [1.54, 1.807) is 11.1 Å². The van der Waals surface area contributed by atoms with Crippen LogP contribution in [0.4, 0.5) is 0 Å². The molecule has 1 atom stereocenters. The van der Waals surface area contributed by atoms with Gasteiger partial charge in [0.1, 0.15) is 0 Å². The van der Waals surface area contributed by atoms with Crippen LogP contribution in [0.5, 0.6) is 0 Å². The van der Waals surface area contributed by atoms with Gasteiger partial charge < -0.3 is 5.32 Å². The van der Waals surface area contributed by atoms with E-state index < -0.39 is 0 Å². The van der Waals surface area contributed by atoms with Crippen LogP contribution < -0.4 is 5.32 Å². The van der Waals surface area contributed by atoms with E-state index in [-0.39, 0.29) is 0 Å². The first-order valence-corrected chi connectivity index (χ1v) is 9.20. The molecule has 0 aromatic heterocycles. The molecule has 1 heteroatoms. The van der Waals surface area contributed by atoms with Gasteiger partial charge in [0.25, 0.3) is 0 Å². The Kier molecular flexibility index (Phi) is 7.29. The average Bonchev–Trinajstić information content (AvgIpc) is 2.97. The van der Waals surface area contributed by atoms with Crippen LogP contribution in [0.1, 0.15) is 87.9 Å². The van der Waals surface area contributed by atoms with Gasteiger partial charge in [0.15, 0.2) is 0 Å². The predicted octanol–water partition coefficient (Wildman–Crippen LogP) is 5.58. The van der Waals surface area contributed by atoms with Crippen LogP contribution >= 0.6 is 0 Å². The Morgan fingerprint density at radius 1 is 0.952 bits per heavy atom. The molecule has 0 aliphatic heterocycles. The maximum atomic E-state index is 3.77. The number of benzene rings is 1. The summed E-state index contributed by atoms with van der Waals surface area (Å²) in [7, 11) is 0. The number of unbranched alkanes of at least 4 members (excludes halogenated alkanes) is 4. The minimum absolute atomic E-state index is 0.567. The lowest BCUT2D eigenvalue weighted by molar-refractivity contribution is 0.468. The third-order valence-electron chi connectivity index (χ3n) is 4.76. The molecular formula is C20H33N. The monoisotopic (exact) mass is 287 g/mol. The average molecular weight is 287 g/mol. The molecule has 21 heavy (non-hydrogen) atoms. The maximum absolute atomic E-state index is 3.77. The van der Waals surface area contributed by atoms with E-state index in [2.05, 4.69) is 37.4 Å². The van der Waals surface area contributed by atoms with Crippen LogP contribution in [0.25, 0.3) is 0 Å². The molecule has 1 N–H and O–H groups in total. The Labute approximate surface area is 131 Å². The van der Waals surface area contributed by atoms with E-state index in [0.717, 1.165) is 6.54 Å². The molecule has 2 rings (SSSR count). The van der Waals surface area contributed by atoms with E-state index in [0.29, 0.717) is 6.04 Å². The summed E-state index contributed by atoms with van der Waals surface area (Å²) in [5.74, 6) is 0. The van der Waals surface area contributed by atoms with Crippen LogP contribution in [-0.2, 0) is 12.8 Å². The summed E-state index contributed by atoms with van der Waals surface area (Å²) in [5, 5.41) is 3.77. The minimum atomic E-state index is 0.567. The zero-order chi connectivity index (χ0) is 14.9. The largest absolute Gasteiger partial charge is 0.310 e. The summed E-state index contributed by atoms with van der Waals surface area (Å²) < 4.78 is 0. The van der Waals surface area contributed by atoms with E-state index in [4.69, 9.17) is 0 Å². The number of hydrogen-bond donors (Lipinski definition) is 1. The topological polar surface area (TPSA) is 12.0 Å². The van der Waals surface area contributed by atoms with Gasteiger partial charge in [0.2, 0.25) is 0 Å². The van der Waals surface area contributed by atoms with Crippen molar-refractivity contribution < 1.29 is 0 Å². The second kappa shape index (κ2) is 9.25. The molecule has 1 aromatic rings. The standard InChI is InChI=1S/C20H33N/c1-3-5-6-7-8-12-20(21-15-4-2)19-14-13-17-10-9-11-18(17)16-19/h13-14,16,20-21H,3-12,15H2,1-2H3. The number of aryl methyl sites for hydroxylation is 2. The molecule has 1 nitrogen and oxygen atoms in total. The van der Waals surface area contributed by atoms with Crippen molar-refractivity contribution >= 4 is 0 Å². The fraction of sp³-hybridized carbons (Fsp3) is 0.700. The molecule has 118 valence electrons. The summed E-state index contributed by atoms with van der Waals surface area (Å²) in [6.07, 6.45) is 13.3. The Morgan fingerprint density at radius 3 is 2.57 bits per heavy atom. The van der Waals surface area contributed by atoms with Crippen molar-refractivity contribution in [3.05, 3.63) is 34.9 Å². The molecule has 0 saturated heterocycles. The Balaban J connectivity index is 1.91. The molecule has 0 saturated carbocycles. The number of hydrogen-bond acceptors (Lipinski definition) is 1. The van der Waals surface area contributed by atoms with Gasteiger partial charge in [-0.3, -0.25) is 0 Å². The molecule has 0 bridgehead atoms. The normalized spacial score (nSPS) is 15.1. The van der Waals surface area contributed by atoms with Crippen molar-refractivity contribution in [2.75, 3.05) is 6.54 Å². The third kappa shape index (κ3) is 5.14. The maximum Gasteiger partial charge on any atom is 0.0320 e. The lowest BCUT2D eigenvalue weighted by atomic mass is 9.96. The van der Waals surface area contributed by atoms with Crippen molar-refractivity contribution in [3.8, 4) is 0 Å². The van der Waals surface area contributed by atoms with Crippen LogP contribution in [0.2, 0.25) is 0 Å². The quantitative estimate of drug-likeness (QED) is 0.554. The molecule has 0 amide bonds. The molecule has 1 aromatic carbocycles. The molecule has 1 aliphatic rings. The summed E-state index contributed by atoms with van der Waals surface area (Å²) in [5.41, 5.74) is 4.73. The summed E-state index contributed by atoms with van der Waals surface area (Å²) >= 11 is 0. The Bertz CT molecular complexity index is 410. The van der Waals surface area contributed by atoms with Crippen LogP contribution in [0, 0.1) is 0 Å². The summed E-state index contributed by atoms with van der Waals surface area (Å²) in [6, 6.07) is 7.82. The first-order chi connectivity index (χ1) is 10.3. The summed E-state index contributed by atoms with van der Waals surface area (Å²) in [6.45, 7) is 5.68. The lowest BCUT2D eigenvalue weighted by Gasteiger charge is -2.20. The van der Waals surface area contributed by atoms with Crippen molar-refractivity contribution in [3.63, 3.8) is 0 Å². The predicted molar refractivity (Wildman–Crippen MR) is 92.9 cm³/mol. The van der Waals surface area contributed by atoms with Gasteiger partial charge in [-0.15, -0.1) is 0 Å². The molecular weight excluding hydrogens is 254 g/mol. The van der Waals surface area contributed by atoms with Crippen molar-refractivity contribution in [1.29, 1.82) is 0 Å². The van der Waals surface area contributed by atoms with E-state index in [1.807, 2.05) is 0 Å². The number of nitrogens with one attached hydrogen (secondary N) is 1. The third-order valence-corrected chi connectivity index (χ3v) is 4.76. The zero-order valence-corrected chi connectivity index (χ0v) is 14.1. The highest BCUT2D eigenvalue weighted by atomic mass is 14.9. The highest BCUT2D eigenvalue weighted by Gasteiger charge is 2.15. The Hall–Kier alpha value is -0.820. The van der Waals surface area contributed by atoms with Crippen molar-refractivity contribution in [2.45, 2.75) is 84.1 Å². The van der Waals surface area contributed by atoms with Gasteiger partial charge in [-0.05, 0) is 55.3 Å². The lowest BCUT2D eigenvalue weighted by Crippen LogP contribution is -2.22. The summed E-state index contributed by atoms with van der Waals surface area (Å²) in [4.78, 5) is 0. The fourth-order valence-corrected chi connectivity index (χ4v) is 3.47. The van der Waals surface area contributed by atoms with E-state index >= 15 is 0 Å². The highest BCUT2D eigenvalue weighted by molar-refractivity contribution is 5.36. The molecule has 0 spiro atoms. The SMILES string of the molecule is CCCCCCCC(NCCC)c1ccc2c(c1)CCC2. The number of rotatable bonds is 10. The fourth-order valence-electron chi connectivity index (χ4n) is 3.47. The van der Waals surface area contributed by atoms with Gasteiger partial charge >= 0.3 is 0 Å². The second-order valence-electron chi connectivity index (χ2n) is 6.59. The van der Waals surface area contributed by atoms with Gasteiger partial charge in [0.05, 0.1) is 0 Å². The van der Waals surface area contributed by atoms with Gasteiger partial charge in [0, 0.05) is 6.04 Å². The first-order valence-electron chi connectivity index (χ1n) is 9.20. The zero-order valence-electron chi connectivity index (χ0n) is 14.1. The first kappa shape index (κ1) is 16.5. The minimum Gasteiger partial charge on any atom is -0.310 e. The van der Waals surface area contributed by atoms with E-state index in [1.165, 1.54) is 69.8 Å². The van der Waals surface area contributed by atoms with Crippen LogP contribution in [0.15, 0.2) is 18.2 Å². The van der Waals surface area contributed by atoms with Crippen LogP contribution in [-0.4, -0.2) is 6.54 Å².